The van der Waals surface area contributed by atoms with Gasteiger partial charge in [0.25, 0.3) is 0 Å². The molecular weight excluding hydrogens is 827 g/mol. The van der Waals surface area contributed by atoms with Crippen LogP contribution in [0.2, 0.25) is 0 Å². The van der Waals surface area contributed by atoms with E-state index in [-0.39, 0.29) is 35.3 Å². The van der Waals surface area contributed by atoms with Crippen molar-refractivity contribution in [3.8, 4) is 0 Å². The first-order valence-electron chi connectivity index (χ1n) is 20.7. The van der Waals surface area contributed by atoms with E-state index in [1.165, 1.54) is 12.1 Å². The van der Waals surface area contributed by atoms with E-state index in [0.29, 0.717) is 49.9 Å². The van der Waals surface area contributed by atoms with Gasteiger partial charge in [0, 0.05) is 34.1 Å². The minimum Gasteiger partial charge on any atom is -0.481 e. The van der Waals surface area contributed by atoms with Gasteiger partial charge in [-0.2, -0.15) is 36.5 Å². The standard InChI is InChI=1S/C23H25F3N4O.C14H16F3NO2.C9H11N3/c1-13(14-4-8-19-17(10-14)12-27-30-19)28-21(31)16-5-7-18-15(11-16)6-9-20(29-18)22(2,3)23(24,25)26;1-13(2,14(15,16)17)11-6-4-8-7-9(12(19)20)3-5-10(8)18-11;1-6(10)7-2-3-9-8(4-7)5-11-12-9/h4,6,8-10,12-13,16H,5,7,11H2,1-3H3,(H,27,30)(H,28,31);4,6,9H,3,5,7H2,1-2H3,(H,19,20);2-6H,10H2,1H3,(H,11,12)/t13-,16-;9-;6-/m111/s1. The summed E-state index contributed by atoms with van der Waals surface area (Å²) in [6.45, 7) is 8.39. The average Bonchev–Trinajstić information content (AvgIpc) is 3.92. The second-order valence-electron chi connectivity index (χ2n) is 17.5. The lowest BCUT2D eigenvalue weighted by Crippen LogP contribution is -2.38. The molecule has 6 aromatic rings. The Morgan fingerprint density at radius 2 is 1.14 bits per heavy atom. The zero-order valence-corrected chi connectivity index (χ0v) is 35.9. The Labute approximate surface area is 360 Å². The summed E-state index contributed by atoms with van der Waals surface area (Å²) in [5.41, 5.74) is 8.69. The number of benzene rings is 2. The molecule has 63 heavy (non-hydrogen) atoms. The van der Waals surface area contributed by atoms with Crippen LogP contribution in [-0.2, 0) is 46.1 Å². The summed E-state index contributed by atoms with van der Waals surface area (Å²) in [5, 5.41) is 27.9. The van der Waals surface area contributed by atoms with Crippen molar-refractivity contribution in [1.29, 1.82) is 0 Å². The number of hydrogen-bond donors (Lipinski definition) is 5. The van der Waals surface area contributed by atoms with Crippen LogP contribution < -0.4 is 11.1 Å². The predicted octanol–water partition coefficient (Wildman–Crippen LogP) is 9.47. The molecule has 4 aromatic heterocycles. The number of halogens is 6. The number of aryl methyl sites for hydroxylation is 2. The number of amides is 1. The number of fused-ring (bicyclic) bond motifs is 4. The van der Waals surface area contributed by atoms with Crippen LogP contribution in [0.4, 0.5) is 26.3 Å². The van der Waals surface area contributed by atoms with Crippen LogP contribution >= 0.6 is 0 Å². The van der Waals surface area contributed by atoms with E-state index in [4.69, 9.17) is 10.8 Å². The number of nitrogens with one attached hydrogen (secondary N) is 3. The summed E-state index contributed by atoms with van der Waals surface area (Å²) in [4.78, 5) is 32.3. The maximum Gasteiger partial charge on any atom is 0.399 e. The summed E-state index contributed by atoms with van der Waals surface area (Å²) >= 11 is 0. The smallest absolute Gasteiger partial charge is 0.399 e. The predicted molar refractivity (Wildman–Crippen MR) is 227 cm³/mol. The maximum atomic E-state index is 13.4. The summed E-state index contributed by atoms with van der Waals surface area (Å²) in [7, 11) is 0. The molecule has 2 aromatic carbocycles. The van der Waals surface area contributed by atoms with Crippen molar-refractivity contribution in [2.24, 2.45) is 17.6 Å². The molecule has 4 heterocycles. The van der Waals surface area contributed by atoms with Gasteiger partial charge in [-0.3, -0.25) is 29.8 Å². The van der Waals surface area contributed by atoms with E-state index in [1.807, 2.05) is 44.2 Å². The van der Waals surface area contributed by atoms with Gasteiger partial charge in [-0.05, 0) is 139 Å². The first kappa shape index (κ1) is 46.7. The number of hydrogen-bond acceptors (Lipinski definition) is 7. The Morgan fingerprint density at radius 1 is 0.698 bits per heavy atom. The number of pyridine rings is 2. The second-order valence-corrected chi connectivity index (χ2v) is 17.5. The number of carboxylic acids is 1. The number of rotatable bonds is 7. The van der Waals surface area contributed by atoms with Gasteiger partial charge in [0.2, 0.25) is 5.91 Å². The second kappa shape index (κ2) is 18.1. The Balaban J connectivity index is 0.000000175. The Hall–Kier alpha value is -5.84. The third-order valence-electron chi connectivity index (χ3n) is 12.3. The number of carbonyl (C=O) groups excluding carboxylic acids is 1. The fourth-order valence-corrected chi connectivity index (χ4v) is 7.53. The number of carboxylic acid groups (broad SMARTS) is 1. The molecule has 17 heteroatoms. The van der Waals surface area contributed by atoms with Gasteiger partial charge in [-0.25, -0.2) is 0 Å². The minimum atomic E-state index is -4.37. The van der Waals surface area contributed by atoms with Crippen LogP contribution in [0, 0.1) is 11.8 Å². The first-order chi connectivity index (χ1) is 29.5. The highest BCUT2D eigenvalue weighted by Crippen LogP contribution is 2.42. The molecule has 2 aliphatic carbocycles. The molecule has 0 bridgehead atoms. The number of aliphatic carboxylic acids is 1. The van der Waals surface area contributed by atoms with Crippen LogP contribution in [0.25, 0.3) is 21.8 Å². The molecule has 0 radical (unpaired) electrons. The summed E-state index contributed by atoms with van der Waals surface area (Å²) in [5.74, 6) is -1.61. The molecule has 0 spiro atoms. The normalized spacial score (nSPS) is 17.6. The quantitative estimate of drug-likeness (QED) is 0.0986. The van der Waals surface area contributed by atoms with Crippen molar-refractivity contribution in [3.63, 3.8) is 0 Å². The summed E-state index contributed by atoms with van der Waals surface area (Å²) in [6.07, 6.45) is -2.49. The SMILES string of the molecule is CC(C)(c1ccc2c(n1)CC[C@@H](C(=O)O)C2)C(F)(F)F.C[C@@H](N)c1ccc2[nH]ncc2c1.C[C@@H](NC(=O)[C@@H]1CCc2nc(C(C)(C)C(F)(F)F)ccc2C1)c1ccc2[nH]ncc2c1. The molecule has 0 unspecified atom stereocenters. The number of nitrogens with zero attached hydrogens (tertiary/aromatic N) is 4. The summed E-state index contributed by atoms with van der Waals surface area (Å²) < 4.78 is 79.1. The van der Waals surface area contributed by atoms with Gasteiger partial charge in [-0.1, -0.05) is 24.3 Å². The number of nitrogens with two attached hydrogens (primary N) is 1. The Bertz CT molecular complexity index is 2580. The van der Waals surface area contributed by atoms with E-state index in [2.05, 4.69) is 41.7 Å². The van der Waals surface area contributed by atoms with Gasteiger partial charge in [0.05, 0.1) is 46.8 Å². The molecule has 4 atom stereocenters. The summed E-state index contributed by atoms with van der Waals surface area (Å²) in [6, 6.07) is 18.0. The molecule has 0 aliphatic heterocycles. The highest BCUT2D eigenvalue weighted by molar-refractivity contribution is 5.81. The highest BCUT2D eigenvalue weighted by atomic mass is 19.4. The zero-order chi connectivity index (χ0) is 46.1. The molecule has 0 saturated carbocycles. The van der Waals surface area contributed by atoms with Crippen LogP contribution in [0.5, 0.6) is 0 Å². The van der Waals surface area contributed by atoms with E-state index >= 15 is 0 Å². The molecule has 0 saturated heterocycles. The third-order valence-corrected chi connectivity index (χ3v) is 12.3. The number of H-pyrrole nitrogens is 2. The maximum absolute atomic E-state index is 13.4. The molecular formula is C46H52F6N8O3. The highest BCUT2D eigenvalue weighted by Gasteiger charge is 2.50. The van der Waals surface area contributed by atoms with Crippen molar-refractivity contribution < 1.29 is 41.0 Å². The topological polar surface area (TPSA) is 176 Å². The van der Waals surface area contributed by atoms with E-state index in [0.717, 1.165) is 71.8 Å². The van der Waals surface area contributed by atoms with Crippen LogP contribution in [0.3, 0.4) is 0 Å². The van der Waals surface area contributed by atoms with Crippen LogP contribution in [0.1, 0.15) is 111 Å². The first-order valence-corrected chi connectivity index (χ1v) is 20.7. The van der Waals surface area contributed by atoms with Crippen LogP contribution in [0.15, 0.2) is 73.1 Å². The van der Waals surface area contributed by atoms with Crippen molar-refractivity contribution in [2.45, 2.75) is 115 Å². The fourth-order valence-electron chi connectivity index (χ4n) is 7.53. The average molecular weight is 879 g/mol. The Kier molecular flexibility index (Phi) is 13.4. The lowest BCUT2D eigenvalue weighted by atomic mass is 9.83. The van der Waals surface area contributed by atoms with Gasteiger partial charge >= 0.3 is 18.3 Å². The van der Waals surface area contributed by atoms with Crippen molar-refractivity contribution in [2.75, 3.05) is 0 Å². The molecule has 1 amide bonds. The van der Waals surface area contributed by atoms with E-state index < -0.39 is 35.1 Å². The largest absolute Gasteiger partial charge is 0.481 e. The van der Waals surface area contributed by atoms with Gasteiger partial charge in [0.15, 0.2) is 0 Å². The van der Waals surface area contributed by atoms with Gasteiger partial charge < -0.3 is 16.2 Å². The lowest BCUT2D eigenvalue weighted by molar-refractivity contribution is -0.181. The van der Waals surface area contributed by atoms with Crippen molar-refractivity contribution in [3.05, 3.63) is 118 Å². The number of aromatic nitrogens is 6. The molecule has 8 rings (SSSR count). The molecule has 336 valence electrons. The number of carbonyl (C=O) groups is 2. The molecule has 11 nitrogen and oxygen atoms in total. The van der Waals surface area contributed by atoms with E-state index in [9.17, 15) is 35.9 Å². The van der Waals surface area contributed by atoms with Crippen molar-refractivity contribution >= 4 is 33.7 Å². The third kappa shape index (κ3) is 10.4. The van der Waals surface area contributed by atoms with Gasteiger partial charge in [0.1, 0.15) is 10.8 Å². The van der Waals surface area contributed by atoms with Crippen LogP contribution in [-0.4, -0.2) is 59.7 Å². The Morgan fingerprint density at radius 3 is 1.60 bits per heavy atom. The fraction of sp³-hybridized carbons (Fsp3) is 0.435. The minimum absolute atomic E-state index is 0.0162. The molecule has 6 N–H and O–H groups in total. The van der Waals surface area contributed by atoms with E-state index in [1.54, 1.807) is 24.5 Å². The molecule has 0 fully saturated rings. The number of aromatic amines is 2. The lowest BCUT2D eigenvalue weighted by Gasteiger charge is -2.30. The zero-order valence-electron chi connectivity index (χ0n) is 35.9. The monoisotopic (exact) mass is 878 g/mol. The van der Waals surface area contributed by atoms with Crippen molar-refractivity contribution in [1.82, 2.24) is 35.7 Å². The van der Waals surface area contributed by atoms with Gasteiger partial charge in [-0.15, -0.1) is 0 Å². The molecule has 2 aliphatic rings. The number of alkyl halides is 6.